The number of hydrogen-bond donors (Lipinski definition) is 0. The number of pyridine rings is 1. The SMILES string of the molecule is COc1cccc2n[c]c(-c3nc(C(F)(F)F)cs3)c(Br)c12. The second kappa shape index (κ2) is 5.51. The molecule has 8 heteroatoms. The van der Waals surface area contributed by atoms with Crippen LogP contribution in [-0.4, -0.2) is 17.1 Å². The second-order valence-electron chi connectivity index (χ2n) is 4.30. The van der Waals surface area contributed by atoms with Crippen molar-refractivity contribution in [3.8, 4) is 16.3 Å². The molecule has 0 bridgehead atoms. The van der Waals surface area contributed by atoms with E-state index in [9.17, 15) is 13.2 Å². The van der Waals surface area contributed by atoms with Gasteiger partial charge in [-0.05, 0) is 28.1 Å². The van der Waals surface area contributed by atoms with Crippen molar-refractivity contribution in [3.05, 3.63) is 39.9 Å². The van der Waals surface area contributed by atoms with E-state index >= 15 is 0 Å². The summed E-state index contributed by atoms with van der Waals surface area (Å²) in [4.78, 5) is 7.78. The Kier molecular flexibility index (Phi) is 3.82. The number of ether oxygens (including phenoxy) is 1. The number of methoxy groups -OCH3 is 1. The zero-order chi connectivity index (χ0) is 15.9. The van der Waals surface area contributed by atoms with E-state index in [0.717, 1.165) is 16.7 Å². The Morgan fingerprint density at radius 2 is 2.09 bits per heavy atom. The topological polar surface area (TPSA) is 35.0 Å². The van der Waals surface area contributed by atoms with Gasteiger partial charge >= 0.3 is 6.18 Å². The van der Waals surface area contributed by atoms with Crippen LogP contribution in [0, 0.1) is 6.20 Å². The van der Waals surface area contributed by atoms with Gasteiger partial charge in [0.15, 0.2) is 5.69 Å². The molecule has 1 aromatic carbocycles. The number of fused-ring (bicyclic) bond motifs is 1. The number of thiazole rings is 1. The van der Waals surface area contributed by atoms with E-state index in [1.54, 1.807) is 18.2 Å². The largest absolute Gasteiger partial charge is 0.496 e. The molecule has 0 fully saturated rings. The summed E-state index contributed by atoms with van der Waals surface area (Å²) >= 11 is 4.30. The first-order chi connectivity index (χ1) is 10.4. The van der Waals surface area contributed by atoms with Gasteiger partial charge in [-0.1, -0.05) is 6.07 Å². The number of hydrogen-bond acceptors (Lipinski definition) is 4. The predicted octanol–water partition coefficient (Wildman–Crippen LogP) is 4.95. The molecule has 2 aromatic heterocycles. The predicted molar refractivity (Wildman–Crippen MR) is 80.9 cm³/mol. The lowest BCUT2D eigenvalue weighted by Gasteiger charge is -2.09. The fraction of sp³-hybridized carbons (Fsp3) is 0.143. The van der Waals surface area contributed by atoms with Gasteiger partial charge in [0.1, 0.15) is 17.0 Å². The molecule has 0 aliphatic heterocycles. The first-order valence-corrected chi connectivity index (χ1v) is 7.66. The highest BCUT2D eigenvalue weighted by molar-refractivity contribution is 9.10. The quantitative estimate of drug-likeness (QED) is 0.623. The minimum atomic E-state index is -4.47. The first kappa shape index (κ1) is 15.2. The molecule has 0 aliphatic carbocycles. The molecule has 2 heterocycles. The summed E-state index contributed by atoms with van der Waals surface area (Å²) in [5, 5.41) is 1.84. The average Bonchev–Trinajstić information content (AvgIpc) is 2.96. The number of alkyl halides is 3. The molecule has 22 heavy (non-hydrogen) atoms. The standard InChI is InChI=1S/C14H7BrF3N2OS/c1-21-9-4-2-3-8-11(9)12(15)7(5-19-8)13-20-10(6-22-13)14(16,17)18/h2-4,6H,1H3. The summed E-state index contributed by atoms with van der Waals surface area (Å²) in [6.45, 7) is 0. The Morgan fingerprint density at radius 3 is 2.73 bits per heavy atom. The maximum Gasteiger partial charge on any atom is 0.434 e. The minimum absolute atomic E-state index is 0.194. The van der Waals surface area contributed by atoms with Crippen LogP contribution >= 0.6 is 27.3 Å². The van der Waals surface area contributed by atoms with E-state index in [-0.39, 0.29) is 5.01 Å². The third-order valence-corrected chi connectivity index (χ3v) is 4.61. The molecule has 0 N–H and O–H groups in total. The van der Waals surface area contributed by atoms with Gasteiger partial charge in [-0.15, -0.1) is 11.3 Å². The zero-order valence-electron chi connectivity index (χ0n) is 11.0. The Balaban J connectivity index is 2.20. The van der Waals surface area contributed by atoms with Crippen molar-refractivity contribution in [1.82, 2.24) is 9.97 Å². The number of halogens is 4. The smallest absolute Gasteiger partial charge is 0.434 e. The first-order valence-electron chi connectivity index (χ1n) is 5.99. The molecule has 0 saturated heterocycles. The molecule has 0 unspecified atom stereocenters. The fourth-order valence-corrected chi connectivity index (χ4v) is 3.59. The number of nitrogens with zero attached hydrogens (tertiary/aromatic N) is 2. The normalized spacial score (nSPS) is 11.9. The summed E-state index contributed by atoms with van der Waals surface area (Å²) < 4.78 is 43.9. The Hall–Kier alpha value is -1.67. The van der Waals surface area contributed by atoms with Gasteiger partial charge in [-0.3, -0.25) is 0 Å². The maximum atomic E-state index is 12.7. The maximum absolute atomic E-state index is 12.7. The van der Waals surface area contributed by atoms with Crippen molar-refractivity contribution in [2.45, 2.75) is 6.18 Å². The van der Waals surface area contributed by atoms with Gasteiger partial charge < -0.3 is 4.74 Å². The van der Waals surface area contributed by atoms with E-state index in [2.05, 4.69) is 32.1 Å². The van der Waals surface area contributed by atoms with Crippen molar-refractivity contribution in [3.63, 3.8) is 0 Å². The third kappa shape index (κ3) is 2.56. The molecule has 0 spiro atoms. The number of aromatic nitrogens is 2. The van der Waals surface area contributed by atoms with Gasteiger partial charge in [0, 0.05) is 9.85 Å². The Morgan fingerprint density at radius 1 is 1.32 bits per heavy atom. The molecule has 0 saturated carbocycles. The number of benzene rings is 1. The second-order valence-corrected chi connectivity index (χ2v) is 5.95. The highest BCUT2D eigenvalue weighted by Gasteiger charge is 2.34. The van der Waals surface area contributed by atoms with E-state index in [0.29, 0.717) is 26.7 Å². The highest BCUT2D eigenvalue weighted by Crippen LogP contribution is 2.40. The summed E-state index contributed by atoms with van der Waals surface area (Å²) in [6, 6.07) is 5.30. The van der Waals surface area contributed by atoms with E-state index in [1.165, 1.54) is 7.11 Å². The van der Waals surface area contributed by atoms with Crippen molar-refractivity contribution in [2.24, 2.45) is 0 Å². The fourth-order valence-electron chi connectivity index (χ4n) is 1.95. The molecule has 3 nitrogen and oxygen atoms in total. The molecule has 0 amide bonds. The summed E-state index contributed by atoms with van der Waals surface area (Å²) in [5.74, 6) is 0.569. The molecule has 113 valence electrons. The van der Waals surface area contributed by atoms with Gasteiger partial charge in [0.2, 0.25) is 0 Å². The van der Waals surface area contributed by atoms with Crippen LogP contribution in [0.25, 0.3) is 21.5 Å². The molecule has 3 rings (SSSR count). The molecule has 1 radical (unpaired) electrons. The average molecular weight is 388 g/mol. The van der Waals surface area contributed by atoms with Gasteiger partial charge in [-0.2, -0.15) is 13.2 Å². The molecule has 3 aromatic rings. The zero-order valence-corrected chi connectivity index (χ0v) is 13.4. The summed E-state index contributed by atoms with van der Waals surface area (Å²) in [5.41, 5.74) is 0.0769. The third-order valence-electron chi connectivity index (χ3n) is 2.96. The van der Waals surface area contributed by atoms with E-state index in [4.69, 9.17) is 4.74 Å². The van der Waals surface area contributed by atoms with Gasteiger partial charge in [0.05, 0.1) is 23.6 Å². The van der Waals surface area contributed by atoms with Crippen molar-refractivity contribution < 1.29 is 17.9 Å². The van der Waals surface area contributed by atoms with Crippen LogP contribution in [0.15, 0.2) is 28.1 Å². The van der Waals surface area contributed by atoms with Crippen LogP contribution in [0.5, 0.6) is 5.75 Å². The Labute approximate surface area is 135 Å². The molecular weight excluding hydrogens is 381 g/mol. The molecule has 0 atom stereocenters. The number of rotatable bonds is 2. The Bertz CT molecular complexity index is 848. The lowest BCUT2D eigenvalue weighted by molar-refractivity contribution is -0.140. The lowest BCUT2D eigenvalue weighted by Crippen LogP contribution is -2.04. The monoisotopic (exact) mass is 387 g/mol. The lowest BCUT2D eigenvalue weighted by atomic mass is 10.1. The molecule has 0 aliphatic rings. The van der Waals surface area contributed by atoms with Crippen LogP contribution in [0.2, 0.25) is 0 Å². The van der Waals surface area contributed by atoms with Crippen molar-refractivity contribution in [2.75, 3.05) is 7.11 Å². The summed E-state index contributed by atoms with van der Waals surface area (Å²) in [7, 11) is 1.52. The van der Waals surface area contributed by atoms with Crippen LogP contribution in [0.4, 0.5) is 13.2 Å². The van der Waals surface area contributed by atoms with Gasteiger partial charge in [-0.25, -0.2) is 9.97 Å². The summed E-state index contributed by atoms with van der Waals surface area (Å²) in [6.07, 6.45) is -1.73. The minimum Gasteiger partial charge on any atom is -0.496 e. The van der Waals surface area contributed by atoms with Crippen LogP contribution in [0.1, 0.15) is 5.69 Å². The van der Waals surface area contributed by atoms with E-state index in [1.807, 2.05) is 0 Å². The van der Waals surface area contributed by atoms with Crippen LogP contribution < -0.4 is 4.74 Å². The van der Waals surface area contributed by atoms with Crippen LogP contribution in [0.3, 0.4) is 0 Å². The van der Waals surface area contributed by atoms with Crippen molar-refractivity contribution in [1.29, 1.82) is 0 Å². The van der Waals surface area contributed by atoms with E-state index < -0.39 is 11.9 Å². The van der Waals surface area contributed by atoms with Crippen molar-refractivity contribution >= 4 is 38.2 Å². The molecular formula is C14H7BrF3N2OS. The van der Waals surface area contributed by atoms with Crippen LogP contribution in [-0.2, 0) is 6.18 Å². The van der Waals surface area contributed by atoms with Gasteiger partial charge in [0.25, 0.3) is 0 Å². The highest BCUT2D eigenvalue weighted by atomic mass is 79.9.